The van der Waals surface area contributed by atoms with Crippen LogP contribution < -0.4 is 18.1 Å². The third kappa shape index (κ3) is 7.67. The highest BCUT2D eigenvalue weighted by Crippen LogP contribution is 1.97. The second kappa shape index (κ2) is 7.67. The number of nitrogens with zero attached hydrogens (tertiary/aromatic N) is 2. The summed E-state index contributed by atoms with van der Waals surface area (Å²) in [4.78, 5) is 2.90. The molecule has 1 unspecified atom stereocenters. The summed E-state index contributed by atoms with van der Waals surface area (Å²) in [6.07, 6.45) is 2.55. The molecular weight excluding hydrogens is 138 g/mol. The summed E-state index contributed by atoms with van der Waals surface area (Å²) in [5.41, 5.74) is 5.24. The van der Waals surface area contributed by atoms with Crippen molar-refractivity contribution in [3.05, 3.63) is 4.98 Å². The van der Waals surface area contributed by atoms with Crippen molar-refractivity contribution in [2.45, 2.75) is 32.4 Å². The Bertz CT molecular complexity index is 88.7. The molecule has 0 aliphatic rings. The Morgan fingerprint density at radius 3 is 2.56 bits per heavy atom. The van der Waals surface area contributed by atoms with E-state index in [2.05, 4.69) is 11.9 Å². The van der Waals surface area contributed by atoms with E-state index in [1.54, 1.807) is 0 Å². The van der Waals surface area contributed by atoms with Crippen LogP contribution in [0.15, 0.2) is 0 Å². The first-order valence-electron chi connectivity index (χ1n) is 2.91. The first-order chi connectivity index (χ1) is 3.81. The zero-order chi connectivity index (χ0) is 6.41. The number of nitrogens with two attached hydrogens (primary N) is 1. The molecule has 4 heteroatoms. The molecule has 0 amide bonds. The molecule has 0 heterocycles. The summed E-state index contributed by atoms with van der Waals surface area (Å²) >= 11 is 0. The number of rotatable bonds is 3. The second-order valence-electron chi connectivity index (χ2n) is 1.83. The highest BCUT2D eigenvalue weighted by molar-refractivity contribution is 4.66. The Labute approximate surface area is 61.7 Å². The van der Waals surface area contributed by atoms with Gasteiger partial charge >= 0.3 is 6.17 Å². The van der Waals surface area contributed by atoms with E-state index in [0.717, 1.165) is 19.3 Å². The van der Waals surface area contributed by atoms with E-state index in [9.17, 15) is 0 Å². The molecule has 0 aromatic heterocycles. The fraction of sp³-hybridized carbons (Fsp3) is 1.00. The minimum absolute atomic E-state index is 0. The largest absolute Gasteiger partial charge is 1.00 e. The van der Waals surface area contributed by atoms with Gasteiger partial charge in [0, 0.05) is 6.42 Å². The van der Waals surface area contributed by atoms with Crippen molar-refractivity contribution in [1.82, 2.24) is 0 Å². The quantitative estimate of drug-likeness (QED) is 0.488. The average Bonchev–Trinajstić information content (AvgIpc) is 1.83. The predicted octanol–water partition coefficient (Wildman–Crippen LogP) is -1.68. The van der Waals surface area contributed by atoms with Gasteiger partial charge in [-0.3, -0.25) is 5.73 Å². The van der Waals surface area contributed by atoms with Gasteiger partial charge in [-0.2, -0.15) is 0 Å². The normalized spacial score (nSPS) is 11.2. The maximum Gasteiger partial charge on any atom is 0.366 e. The van der Waals surface area contributed by atoms with E-state index in [1.807, 2.05) is 0 Å². The molecule has 0 fully saturated rings. The van der Waals surface area contributed by atoms with Gasteiger partial charge in [0.05, 0.1) is 0 Å². The number of hydrogen-bond acceptors (Lipinski definition) is 2. The average molecular weight is 150 g/mol. The van der Waals surface area contributed by atoms with E-state index < -0.39 is 0 Å². The third-order valence-electron chi connectivity index (χ3n) is 1.00. The monoisotopic (exact) mass is 149 g/mol. The van der Waals surface area contributed by atoms with E-state index in [1.165, 1.54) is 0 Å². The van der Waals surface area contributed by atoms with Gasteiger partial charge in [-0.25, -0.2) is 0 Å². The molecule has 0 saturated carbocycles. The third-order valence-corrected chi connectivity index (χ3v) is 1.00. The van der Waals surface area contributed by atoms with Gasteiger partial charge in [0.2, 0.25) is 5.39 Å². The fourth-order valence-electron chi connectivity index (χ4n) is 0.471. The SMILES string of the molecule is CCCCC(N)[N+]#N.[Cl-]. The highest BCUT2D eigenvalue weighted by atomic mass is 35.5. The standard InChI is InChI=1S/C5H12N3.ClH/c1-2-3-4-5(6)8-7;/h5H,2-4,6H2,1H3;1H/q+1;/p-1. The Balaban J connectivity index is 0. The molecule has 0 radical (unpaired) electrons. The van der Waals surface area contributed by atoms with Gasteiger partial charge in [0.1, 0.15) is 4.98 Å². The van der Waals surface area contributed by atoms with Gasteiger partial charge in [-0.05, 0) is 6.42 Å². The molecular formula is C5H12ClN3. The van der Waals surface area contributed by atoms with Gasteiger partial charge in [0.15, 0.2) is 0 Å². The lowest BCUT2D eigenvalue weighted by atomic mass is 10.2. The molecule has 0 aromatic rings. The zero-order valence-electron chi connectivity index (χ0n) is 5.55. The maximum absolute atomic E-state index is 8.06. The van der Waals surface area contributed by atoms with Crippen molar-refractivity contribution in [3.8, 4) is 0 Å². The first kappa shape index (κ1) is 11.5. The van der Waals surface area contributed by atoms with Crippen LogP contribution in [0.3, 0.4) is 0 Å². The van der Waals surface area contributed by atoms with Crippen molar-refractivity contribution in [2.24, 2.45) is 5.73 Å². The number of unbranched alkanes of at least 4 members (excludes halogenated alkanes) is 1. The summed E-state index contributed by atoms with van der Waals surface area (Å²) in [5.74, 6) is 0. The summed E-state index contributed by atoms with van der Waals surface area (Å²) in [5, 5.41) is 8.06. The van der Waals surface area contributed by atoms with Crippen LogP contribution in [0.5, 0.6) is 0 Å². The summed E-state index contributed by atoms with van der Waals surface area (Å²) in [6.45, 7) is 2.07. The van der Waals surface area contributed by atoms with Crippen molar-refractivity contribution in [2.75, 3.05) is 0 Å². The lowest BCUT2D eigenvalue weighted by Gasteiger charge is -1.86. The summed E-state index contributed by atoms with van der Waals surface area (Å²) in [7, 11) is 0. The smallest absolute Gasteiger partial charge is 0.366 e. The van der Waals surface area contributed by atoms with Crippen LogP contribution >= 0.6 is 0 Å². The Morgan fingerprint density at radius 1 is 1.67 bits per heavy atom. The molecule has 1 atom stereocenters. The molecule has 9 heavy (non-hydrogen) atoms. The minimum Gasteiger partial charge on any atom is -1.00 e. The van der Waals surface area contributed by atoms with Crippen molar-refractivity contribution < 1.29 is 12.4 Å². The molecule has 0 aliphatic heterocycles. The molecule has 0 aliphatic carbocycles. The van der Waals surface area contributed by atoms with Crippen LogP contribution in [-0.4, -0.2) is 6.17 Å². The van der Waals surface area contributed by atoms with Gasteiger partial charge in [0.25, 0.3) is 0 Å². The molecule has 0 aromatic carbocycles. The van der Waals surface area contributed by atoms with Crippen molar-refractivity contribution in [1.29, 1.82) is 5.39 Å². The second-order valence-corrected chi connectivity index (χ2v) is 1.83. The molecule has 2 N–H and O–H groups in total. The molecule has 0 bridgehead atoms. The van der Waals surface area contributed by atoms with Crippen molar-refractivity contribution in [3.63, 3.8) is 0 Å². The molecule has 0 spiro atoms. The predicted molar refractivity (Wildman–Crippen MR) is 32.6 cm³/mol. The Hall–Kier alpha value is -0.330. The Kier molecular flexibility index (Phi) is 9.77. The first-order valence-corrected chi connectivity index (χ1v) is 2.91. The van der Waals surface area contributed by atoms with E-state index in [0.29, 0.717) is 0 Å². The summed E-state index contributed by atoms with van der Waals surface area (Å²) < 4.78 is 0. The van der Waals surface area contributed by atoms with Gasteiger partial charge < -0.3 is 12.4 Å². The van der Waals surface area contributed by atoms with E-state index in [-0.39, 0.29) is 18.6 Å². The lowest BCUT2D eigenvalue weighted by molar-refractivity contribution is -0.00000219. The fourth-order valence-corrected chi connectivity index (χ4v) is 0.471. The van der Waals surface area contributed by atoms with Crippen LogP contribution in [0.1, 0.15) is 26.2 Å². The number of hydrogen-bond donors (Lipinski definition) is 1. The van der Waals surface area contributed by atoms with Crippen LogP contribution in [0.4, 0.5) is 0 Å². The Morgan fingerprint density at radius 2 is 2.22 bits per heavy atom. The molecule has 3 nitrogen and oxygen atoms in total. The van der Waals surface area contributed by atoms with Crippen LogP contribution in [0, 0.1) is 5.39 Å². The maximum atomic E-state index is 8.06. The van der Waals surface area contributed by atoms with Gasteiger partial charge in [-0.1, -0.05) is 13.3 Å². The summed E-state index contributed by atoms with van der Waals surface area (Å²) in [6, 6.07) is 0. The topological polar surface area (TPSA) is 54.2 Å². The lowest BCUT2D eigenvalue weighted by Crippen LogP contribution is -3.00. The van der Waals surface area contributed by atoms with Crippen molar-refractivity contribution >= 4 is 0 Å². The molecule has 0 rings (SSSR count). The molecule has 0 saturated heterocycles. The minimum atomic E-state index is -0.366. The van der Waals surface area contributed by atoms with Crippen LogP contribution in [0.2, 0.25) is 0 Å². The number of halogens is 1. The van der Waals surface area contributed by atoms with Crippen LogP contribution in [-0.2, 0) is 0 Å². The number of diazo groups is 1. The molecule has 54 valence electrons. The zero-order valence-corrected chi connectivity index (χ0v) is 6.30. The van der Waals surface area contributed by atoms with Crippen LogP contribution in [0.25, 0.3) is 4.98 Å². The van der Waals surface area contributed by atoms with E-state index in [4.69, 9.17) is 11.1 Å². The van der Waals surface area contributed by atoms with Gasteiger partial charge in [-0.15, -0.1) is 0 Å². The highest BCUT2D eigenvalue weighted by Gasteiger charge is 2.09. The van der Waals surface area contributed by atoms with E-state index >= 15 is 0 Å².